The first-order valence-electron chi connectivity index (χ1n) is 4.89. The SMILES string of the molecule is CC[Si](CC)(CC)CSCC(=O)O. The fraction of sp³-hybridized carbons (Fsp3) is 0.889. The highest BCUT2D eigenvalue weighted by Gasteiger charge is 2.26. The van der Waals surface area contributed by atoms with E-state index in [0.29, 0.717) is 0 Å². The topological polar surface area (TPSA) is 37.3 Å². The number of aliphatic carboxylic acids is 1. The van der Waals surface area contributed by atoms with Crippen molar-refractivity contribution in [2.45, 2.75) is 38.9 Å². The van der Waals surface area contributed by atoms with E-state index in [1.807, 2.05) is 0 Å². The predicted molar refractivity (Wildman–Crippen MR) is 62.2 cm³/mol. The Morgan fingerprint density at radius 3 is 2.00 bits per heavy atom. The Morgan fingerprint density at radius 2 is 1.69 bits per heavy atom. The molecule has 0 heterocycles. The smallest absolute Gasteiger partial charge is 0.313 e. The molecule has 0 aliphatic heterocycles. The van der Waals surface area contributed by atoms with E-state index in [0.717, 1.165) is 5.38 Å². The highest BCUT2D eigenvalue weighted by molar-refractivity contribution is 8.01. The third-order valence-electron chi connectivity index (χ3n) is 2.88. The molecule has 0 aromatic carbocycles. The van der Waals surface area contributed by atoms with Gasteiger partial charge in [-0.15, -0.1) is 0 Å². The molecule has 0 fully saturated rings. The molecular formula is C9H20O2SSi. The number of hydrogen-bond donors (Lipinski definition) is 1. The molecule has 0 atom stereocenters. The Balaban J connectivity index is 3.88. The number of thioether (sulfide) groups is 1. The molecule has 0 aliphatic carbocycles. The van der Waals surface area contributed by atoms with Gasteiger partial charge >= 0.3 is 5.97 Å². The van der Waals surface area contributed by atoms with Crippen LogP contribution in [0.3, 0.4) is 0 Å². The van der Waals surface area contributed by atoms with E-state index in [2.05, 4.69) is 20.8 Å². The Labute approximate surface area is 86.1 Å². The van der Waals surface area contributed by atoms with Crippen LogP contribution in [0.2, 0.25) is 18.1 Å². The van der Waals surface area contributed by atoms with Crippen LogP contribution in [-0.4, -0.2) is 30.3 Å². The molecule has 78 valence electrons. The molecule has 0 saturated heterocycles. The summed E-state index contributed by atoms with van der Waals surface area (Å²) in [5.41, 5.74) is 0. The minimum Gasteiger partial charge on any atom is -0.481 e. The third kappa shape index (κ3) is 4.71. The van der Waals surface area contributed by atoms with Crippen LogP contribution in [-0.2, 0) is 4.79 Å². The summed E-state index contributed by atoms with van der Waals surface area (Å²) in [5.74, 6) is -0.411. The molecular weight excluding hydrogens is 200 g/mol. The minimum absolute atomic E-state index is 0.273. The lowest BCUT2D eigenvalue weighted by atomic mass is 10.8. The van der Waals surface area contributed by atoms with Crippen molar-refractivity contribution in [3.8, 4) is 0 Å². The van der Waals surface area contributed by atoms with Crippen LogP contribution in [0.25, 0.3) is 0 Å². The van der Waals surface area contributed by atoms with E-state index < -0.39 is 14.0 Å². The first-order valence-corrected chi connectivity index (χ1v) is 8.88. The van der Waals surface area contributed by atoms with Crippen molar-refractivity contribution < 1.29 is 9.90 Å². The molecule has 4 heteroatoms. The maximum atomic E-state index is 10.3. The second-order valence-corrected chi connectivity index (χ2v) is 10.4. The molecule has 0 aromatic rings. The van der Waals surface area contributed by atoms with Crippen molar-refractivity contribution in [2.24, 2.45) is 0 Å². The molecule has 0 unspecified atom stereocenters. The van der Waals surface area contributed by atoms with Crippen LogP contribution in [0.4, 0.5) is 0 Å². The van der Waals surface area contributed by atoms with Gasteiger partial charge in [-0.2, -0.15) is 11.8 Å². The van der Waals surface area contributed by atoms with Gasteiger partial charge < -0.3 is 5.11 Å². The van der Waals surface area contributed by atoms with E-state index in [1.54, 1.807) is 11.8 Å². The maximum absolute atomic E-state index is 10.3. The average Bonchev–Trinajstić information content (AvgIpc) is 2.13. The molecule has 0 saturated carbocycles. The highest BCUT2D eigenvalue weighted by atomic mass is 32.2. The third-order valence-corrected chi connectivity index (χ3v) is 11.1. The molecule has 0 rings (SSSR count). The van der Waals surface area contributed by atoms with Gasteiger partial charge in [0.2, 0.25) is 0 Å². The van der Waals surface area contributed by atoms with Crippen LogP contribution in [0.1, 0.15) is 20.8 Å². The van der Waals surface area contributed by atoms with Gasteiger partial charge in [-0.1, -0.05) is 38.9 Å². The van der Waals surface area contributed by atoms with Crippen LogP contribution in [0.5, 0.6) is 0 Å². The van der Waals surface area contributed by atoms with Crippen LogP contribution >= 0.6 is 11.8 Å². The van der Waals surface area contributed by atoms with Gasteiger partial charge in [0, 0.05) is 0 Å². The molecule has 0 radical (unpaired) electrons. The monoisotopic (exact) mass is 220 g/mol. The summed E-state index contributed by atoms with van der Waals surface area (Å²) in [4.78, 5) is 10.3. The van der Waals surface area contributed by atoms with Crippen molar-refractivity contribution >= 4 is 25.8 Å². The molecule has 0 aliphatic rings. The summed E-state index contributed by atoms with van der Waals surface area (Å²) < 4.78 is 0. The minimum atomic E-state index is -1.08. The summed E-state index contributed by atoms with van der Waals surface area (Å²) in [6.07, 6.45) is 0. The lowest BCUT2D eigenvalue weighted by molar-refractivity contribution is -0.133. The van der Waals surface area contributed by atoms with Crippen molar-refractivity contribution in [1.82, 2.24) is 0 Å². The normalized spacial score (nSPS) is 11.6. The van der Waals surface area contributed by atoms with E-state index in [-0.39, 0.29) is 5.75 Å². The van der Waals surface area contributed by atoms with Gasteiger partial charge in [0.1, 0.15) is 0 Å². The predicted octanol–water partition coefficient (Wildman–Crippen LogP) is 2.85. The summed E-state index contributed by atoms with van der Waals surface area (Å²) in [5, 5.41) is 9.64. The molecule has 0 aromatic heterocycles. The largest absolute Gasteiger partial charge is 0.481 e. The maximum Gasteiger partial charge on any atom is 0.313 e. The number of hydrogen-bond acceptors (Lipinski definition) is 2. The van der Waals surface area contributed by atoms with Crippen LogP contribution in [0.15, 0.2) is 0 Å². The zero-order chi connectivity index (χ0) is 10.3. The fourth-order valence-electron chi connectivity index (χ4n) is 1.41. The molecule has 0 bridgehead atoms. The summed E-state index contributed by atoms with van der Waals surface area (Å²) in [6, 6.07) is 3.85. The number of carboxylic acids is 1. The van der Waals surface area contributed by atoms with E-state index in [9.17, 15) is 4.79 Å². The van der Waals surface area contributed by atoms with Gasteiger partial charge in [0.25, 0.3) is 0 Å². The zero-order valence-corrected chi connectivity index (χ0v) is 10.6. The highest BCUT2D eigenvalue weighted by Crippen LogP contribution is 2.24. The Kier molecular flexibility index (Phi) is 6.50. The standard InChI is InChI=1S/C9H20O2SSi/c1-4-13(5-2,6-3)8-12-7-9(10)11/h4-8H2,1-3H3,(H,10,11). The quantitative estimate of drug-likeness (QED) is 0.670. The van der Waals surface area contributed by atoms with Gasteiger partial charge in [0.15, 0.2) is 0 Å². The summed E-state index contributed by atoms with van der Waals surface area (Å²) in [7, 11) is -1.08. The Hall–Kier alpha value is 0.0369. The zero-order valence-electron chi connectivity index (χ0n) is 8.80. The van der Waals surface area contributed by atoms with E-state index in [1.165, 1.54) is 18.1 Å². The molecule has 1 N–H and O–H groups in total. The molecule has 0 amide bonds. The average molecular weight is 220 g/mol. The van der Waals surface area contributed by atoms with Gasteiger partial charge in [-0.3, -0.25) is 4.79 Å². The van der Waals surface area contributed by atoms with Gasteiger partial charge in [-0.05, 0) is 5.38 Å². The summed E-state index contributed by atoms with van der Waals surface area (Å²) in [6.45, 7) is 6.75. The van der Waals surface area contributed by atoms with Crippen molar-refractivity contribution in [2.75, 3.05) is 11.1 Å². The molecule has 2 nitrogen and oxygen atoms in total. The number of carbonyl (C=O) groups is 1. The van der Waals surface area contributed by atoms with Crippen molar-refractivity contribution in [3.63, 3.8) is 0 Å². The lowest BCUT2D eigenvalue weighted by Gasteiger charge is -2.27. The fourth-order valence-corrected chi connectivity index (χ4v) is 7.68. The summed E-state index contributed by atoms with van der Waals surface area (Å²) >= 11 is 1.60. The van der Waals surface area contributed by atoms with E-state index >= 15 is 0 Å². The second-order valence-electron chi connectivity index (χ2n) is 3.45. The number of carboxylic acid groups (broad SMARTS) is 1. The lowest BCUT2D eigenvalue weighted by Crippen LogP contribution is -2.35. The van der Waals surface area contributed by atoms with Crippen molar-refractivity contribution in [1.29, 1.82) is 0 Å². The molecule has 0 spiro atoms. The first-order chi connectivity index (χ1) is 6.10. The van der Waals surface area contributed by atoms with Crippen LogP contribution < -0.4 is 0 Å². The molecule has 13 heavy (non-hydrogen) atoms. The Morgan fingerprint density at radius 1 is 1.23 bits per heavy atom. The second kappa shape index (κ2) is 6.48. The van der Waals surface area contributed by atoms with Crippen LogP contribution in [0, 0.1) is 0 Å². The van der Waals surface area contributed by atoms with Gasteiger partial charge in [-0.25, -0.2) is 0 Å². The number of rotatable bonds is 7. The van der Waals surface area contributed by atoms with E-state index in [4.69, 9.17) is 5.11 Å². The first kappa shape index (κ1) is 13.0. The van der Waals surface area contributed by atoms with Crippen molar-refractivity contribution in [3.05, 3.63) is 0 Å². The van der Waals surface area contributed by atoms with Gasteiger partial charge in [0.05, 0.1) is 13.8 Å². The Bertz CT molecular complexity index is 149.